The first-order chi connectivity index (χ1) is 8.56. The lowest BCUT2D eigenvalue weighted by molar-refractivity contribution is -0.122. The van der Waals surface area contributed by atoms with E-state index in [1.807, 2.05) is 0 Å². The van der Waals surface area contributed by atoms with Gasteiger partial charge in [-0.2, -0.15) is 0 Å². The van der Waals surface area contributed by atoms with Crippen molar-refractivity contribution in [3.8, 4) is 0 Å². The monoisotopic (exact) mass is 272 g/mol. The smallest absolute Gasteiger partial charge is 0.220 e. The maximum Gasteiger partial charge on any atom is 0.220 e. The van der Waals surface area contributed by atoms with Gasteiger partial charge in [-0.25, -0.2) is 0 Å². The van der Waals surface area contributed by atoms with E-state index < -0.39 is 6.10 Å². The van der Waals surface area contributed by atoms with Crippen molar-refractivity contribution in [2.75, 3.05) is 13.1 Å². The molecule has 0 saturated heterocycles. The molecule has 0 fully saturated rings. The normalized spacial score (nSPS) is 14.3. The highest BCUT2D eigenvalue weighted by Gasteiger charge is 2.20. The summed E-state index contributed by atoms with van der Waals surface area (Å²) in [4.78, 5) is 11.7. The van der Waals surface area contributed by atoms with E-state index in [9.17, 15) is 9.90 Å². The maximum absolute atomic E-state index is 11.7. The standard InChI is InChI=1S/C15H32N2O2/c1-14(2,3)10-12(18)11-17-13(19)6-7-15(4,5)8-9-16/h12,18H,6-11,16H2,1-5H3,(H,17,19). The topological polar surface area (TPSA) is 75.3 Å². The van der Waals surface area contributed by atoms with E-state index in [2.05, 4.69) is 39.9 Å². The highest BCUT2D eigenvalue weighted by Crippen LogP contribution is 2.25. The number of hydrogen-bond donors (Lipinski definition) is 3. The fourth-order valence-electron chi connectivity index (χ4n) is 2.07. The van der Waals surface area contributed by atoms with E-state index in [4.69, 9.17) is 5.73 Å². The van der Waals surface area contributed by atoms with Crippen LogP contribution in [0.25, 0.3) is 0 Å². The molecule has 0 aliphatic carbocycles. The van der Waals surface area contributed by atoms with Crippen LogP contribution in [0.15, 0.2) is 0 Å². The molecule has 0 spiro atoms. The van der Waals surface area contributed by atoms with Gasteiger partial charge in [-0.3, -0.25) is 4.79 Å². The van der Waals surface area contributed by atoms with E-state index in [0.29, 0.717) is 25.9 Å². The Morgan fingerprint density at radius 2 is 1.79 bits per heavy atom. The van der Waals surface area contributed by atoms with Crippen LogP contribution in [0, 0.1) is 10.8 Å². The summed E-state index contributed by atoms with van der Waals surface area (Å²) < 4.78 is 0. The molecule has 0 radical (unpaired) electrons. The molecular weight excluding hydrogens is 240 g/mol. The molecule has 0 rings (SSSR count). The van der Waals surface area contributed by atoms with Crippen molar-refractivity contribution in [2.24, 2.45) is 16.6 Å². The zero-order valence-corrected chi connectivity index (χ0v) is 13.3. The summed E-state index contributed by atoms with van der Waals surface area (Å²) >= 11 is 0. The van der Waals surface area contributed by atoms with Gasteiger partial charge in [0.2, 0.25) is 5.91 Å². The predicted octanol–water partition coefficient (Wildman–Crippen LogP) is 2.05. The Morgan fingerprint density at radius 1 is 1.21 bits per heavy atom. The van der Waals surface area contributed by atoms with Crippen LogP contribution < -0.4 is 11.1 Å². The second-order valence-electron chi connectivity index (χ2n) is 7.43. The Morgan fingerprint density at radius 3 is 2.26 bits per heavy atom. The van der Waals surface area contributed by atoms with Gasteiger partial charge >= 0.3 is 0 Å². The first-order valence-corrected chi connectivity index (χ1v) is 7.20. The van der Waals surface area contributed by atoms with Gasteiger partial charge in [0.15, 0.2) is 0 Å². The summed E-state index contributed by atoms with van der Waals surface area (Å²) in [6, 6.07) is 0. The average Bonchev–Trinajstić information content (AvgIpc) is 2.21. The summed E-state index contributed by atoms with van der Waals surface area (Å²) in [5, 5.41) is 12.6. The molecule has 0 aliphatic heterocycles. The fourth-order valence-corrected chi connectivity index (χ4v) is 2.07. The van der Waals surface area contributed by atoms with E-state index in [0.717, 1.165) is 12.8 Å². The van der Waals surface area contributed by atoms with Crippen LogP contribution in [0.2, 0.25) is 0 Å². The largest absolute Gasteiger partial charge is 0.391 e. The van der Waals surface area contributed by atoms with Gasteiger partial charge < -0.3 is 16.2 Å². The van der Waals surface area contributed by atoms with E-state index >= 15 is 0 Å². The summed E-state index contributed by atoms with van der Waals surface area (Å²) in [6.07, 6.45) is 2.46. The Labute approximate surface area is 118 Å². The van der Waals surface area contributed by atoms with Crippen molar-refractivity contribution in [2.45, 2.75) is 66.4 Å². The quantitative estimate of drug-likeness (QED) is 0.633. The third kappa shape index (κ3) is 11.0. The van der Waals surface area contributed by atoms with Crippen LogP contribution in [0.3, 0.4) is 0 Å². The SMILES string of the molecule is CC(C)(C)CC(O)CNC(=O)CCC(C)(C)CCN. The zero-order chi connectivity index (χ0) is 15.1. The van der Waals surface area contributed by atoms with Crippen molar-refractivity contribution in [1.82, 2.24) is 5.32 Å². The molecule has 4 nitrogen and oxygen atoms in total. The minimum absolute atomic E-state index is 0.0121. The van der Waals surface area contributed by atoms with Crippen LogP contribution in [-0.4, -0.2) is 30.2 Å². The van der Waals surface area contributed by atoms with Crippen molar-refractivity contribution in [3.63, 3.8) is 0 Å². The molecular formula is C15H32N2O2. The molecule has 19 heavy (non-hydrogen) atoms. The molecule has 4 N–H and O–H groups in total. The minimum Gasteiger partial charge on any atom is -0.391 e. The van der Waals surface area contributed by atoms with Crippen LogP contribution in [0.4, 0.5) is 0 Å². The predicted molar refractivity (Wildman–Crippen MR) is 79.8 cm³/mol. The lowest BCUT2D eigenvalue weighted by Gasteiger charge is -2.24. The van der Waals surface area contributed by atoms with Gasteiger partial charge in [0.05, 0.1) is 6.10 Å². The first-order valence-electron chi connectivity index (χ1n) is 7.20. The van der Waals surface area contributed by atoms with E-state index in [-0.39, 0.29) is 16.7 Å². The molecule has 4 heteroatoms. The molecule has 0 aromatic carbocycles. The summed E-state index contributed by atoms with van der Waals surface area (Å²) in [5.74, 6) is 0.0121. The van der Waals surface area contributed by atoms with Gasteiger partial charge in [0.1, 0.15) is 0 Å². The van der Waals surface area contributed by atoms with Gasteiger partial charge in [-0.1, -0.05) is 34.6 Å². The first kappa shape index (κ1) is 18.4. The maximum atomic E-state index is 11.7. The van der Waals surface area contributed by atoms with Gasteiger partial charge in [0, 0.05) is 13.0 Å². The number of amides is 1. The Hall–Kier alpha value is -0.610. The Kier molecular flexibility index (Phi) is 7.60. The second kappa shape index (κ2) is 7.85. The molecule has 1 atom stereocenters. The molecule has 0 aliphatic rings. The van der Waals surface area contributed by atoms with Gasteiger partial charge in [-0.15, -0.1) is 0 Å². The Bertz CT molecular complexity index is 270. The summed E-state index contributed by atoms with van der Waals surface area (Å²) in [5.41, 5.74) is 5.73. The van der Waals surface area contributed by atoms with Crippen molar-refractivity contribution in [1.29, 1.82) is 0 Å². The third-order valence-electron chi connectivity index (χ3n) is 3.23. The molecule has 0 saturated carbocycles. The number of carbonyl (C=O) groups excluding carboxylic acids is 1. The number of rotatable bonds is 8. The number of nitrogens with one attached hydrogen (secondary N) is 1. The summed E-state index contributed by atoms with van der Waals surface area (Å²) in [7, 11) is 0. The number of nitrogens with two attached hydrogens (primary N) is 1. The average molecular weight is 272 g/mol. The van der Waals surface area contributed by atoms with Crippen molar-refractivity contribution < 1.29 is 9.90 Å². The fraction of sp³-hybridized carbons (Fsp3) is 0.933. The van der Waals surface area contributed by atoms with Gasteiger partial charge in [0.25, 0.3) is 0 Å². The molecule has 1 unspecified atom stereocenters. The summed E-state index contributed by atoms with van der Waals surface area (Å²) in [6.45, 7) is 11.5. The van der Waals surface area contributed by atoms with Crippen molar-refractivity contribution >= 4 is 5.91 Å². The molecule has 114 valence electrons. The van der Waals surface area contributed by atoms with Crippen molar-refractivity contribution in [3.05, 3.63) is 0 Å². The lowest BCUT2D eigenvalue weighted by atomic mass is 9.84. The number of aliphatic hydroxyl groups is 1. The third-order valence-corrected chi connectivity index (χ3v) is 3.23. The molecule has 1 amide bonds. The molecule has 0 bridgehead atoms. The van der Waals surface area contributed by atoms with Crippen LogP contribution >= 0.6 is 0 Å². The number of hydrogen-bond acceptors (Lipinski definition) is 3. The molecule has 0 aromatic heterocycles. The number of carbonyl (C=O) groups is 1. The lowest BCUT2D eigenvalue weighted by Crippen LogP contribution is -2.34. The zero-order valence-electron chi connectivity index (χ0n) is 13.3. The molecule has 0 heterocycles. The Balaban J connectivity index is 3.88. The van der Waals surface area contributed by atoms with Gasteiger partial charge in [-0.05, 0) is 36.6 Å². The highest BCUT2D eigenvalue weighted by molar-refractivity contribution is 5.75. The van der Waals surface area contributed by atoms with E-state index in [1.165, 1.54) is 0 Å². The number of aliphatic hydroxyl groups excluding tert-OH is 1. The van der Waals surface area contributed by atoms with E-state index in [1.54, 1.807) is 0 Å². The van der Waals surface area contributed by atoms with Crippen LogP contribution in [0.5, 0.6) is 0 Å². The van der Waals surface area contributed by atoms with Crippen LogP contribution in [-0.2, 0) is 4.79 Å². The second-order valence-corrected chi connectivity index (χ2v) is 7.43. The molecule has 0 aromatic rings. The van der Waals surface area contributed by atoms with Crippen LogP contribution in [0.1, 0.15) is 60.3 Å². The highest BCUT2D eigenvalue weighted by atomic mass is 16.3. The minimum atomic E-state index is -0.471.